The SMILES string of the molecule is O=C(NCCC=Cc1cnc(C(=O)O)c(Cl)c1)OCc1ccccc1. The third-order valence-electron chi connectivity index (χ3n) is 3.17. The van der Waals surface area contributed by atoms with Crippen LogP contribution in [0.5, 0.6) is 0 Å². The summed E-state index contributed by atoms with van der Waals surface area (Å²) in [6.07, 6.45) is 5.10. The van der Waals surface area contributed by atoms with Gasteiger partial charge in [0.2, 0.25) is 0 Å². The maximum atomic E-state index is 11.6. The first kappa shape index (κ1) is 18.5. The summed E-state index contributed by atoms with van der Waals surface area (Å²) in [5.41, 5.74) is 1.43. The number of carbonyl (C=O) groups is 2. The van der Waals surface area contributed by atoms with E-state index >= 15 is 0 Å². The molecule has 0 atom stereocenters. The van der Waals surface area contributed by atoms with Crippen molar-refractivity contribution in [3.05, 3.63) is 70.5 Å². The Balaban J connectivity index is 1.70. The first-order valence-electron chi connectivity index (χ1n) is 7.56. The average molecular weight is 361 g/mol. The standard InChI is InChI=1S/C18H17ClN2O4/c19-15-10-14(11-21-16(15)17(22)23)8-4-5-9-20-18(24)25-12-13-6-2-1-3-7-13/h1-4,6-8,10-11H,5,9,12H2,(H,20,24)(H,22,23). The van der Waals surface area contributed by atoms with E-state index in [9.17, 15) is 9.59 Å². The Labute approximate surface area is 150 Å². The highest BCUT2D eigenvalue weighted by Crippen LogP contribution is 2.16. The van der Waals surface area contributed by atoms with Gasteiger partial charge in [-0.05, 0) is 23.6 Å². The monoisotopic (exact) mass is 360 g/mol. The van der Waals surface area contributed by atoms with Gasteiger partial charge in [-0.3, -0.25) is 0 Å². The fourth-order valence-electron chi connectivity index (χ4n) is 1.95. The number of nitrogens with one attached hydrogen (secondary N) is 1. The highest BCUT2D eigenvalue weighted by molar-refractivity contribution is 6.33. The molecule has 25 heavy (non-hydrogen) atoms. The van der Waals surface area contributed by atoms with Crippen LogP contribution in [-0.4, -0.2) is 28.7 Å². The quantitative estimate of drug-likeness (QED) is 0.734. The number of carboxylic acid groups (broad SMARTS) is 1. The molecular formula is C18H17ClN2O4. The number of rotatable bonds is 7. The average Bonchev–Trinajstić information content (AvgIpc) is 2.60. The highest BCUT2D eigenvalue weighted by atomic mass is 35.5. The molecular weight excluding hydrogens is 344 g/mol. The molecule has 130 valence electrons. The molecule has 1 heterocycles. The third kappa shape index (κ3) is 6.27. The zero-order valence-corrected chi connectivity index (χ0v) is 14.1. The molecule has 0 saturated heterocycles. The number of nitrogens with zero attached hydrogens (tertiary/aromatic N) is 1. The minimum absolute atomic E-state index is 0.0808. The van der Waals surface area contributed by atoms with Gasteiger partial charge in [-0.2, -0.15) is 0 Å². The summed E-state index contributed by atoms with van der Waals surface area (Å²) in [4.78, 5) is 26.2. The molecule has 7 heteroatoms. The molecule has 0 saturated carbocycles. The van der Waals surface area contributed by atoms with E-state index in [1.807, 2.05) is 36.4 Å². The van der Waals surface area contributed by atoms with Crippen molar-refractivity contribution in [2.75, 3.05) is 6.54 Å². The molecule has 0 spiro atoms. The van der Waals surface area contributed by atoms with Crippen molar-refractivity contribution < 1.29 is 19.4 Å². The number of pyridine rings is 1. The molecule has 0 fully saturated rings. The van der Waals surface area contributed by atoms with Crippen LogP contribution < -0.4 is 5.32 Å². The minimum atomic E-state index is -1.17. The van der Waals surface area contributed by atoms with Crippen LogP contribution in [0, 0.1) is 0 Å². The van der Waals surface area contributed by atoms with Crippen molar-refractivity contribution >= 4 is 29.7 Å². The summed E-state index contributed by atoms with van der Waals surface area (Å²) >= 11 is 5.84. The number of carboxylic acids is 1. The second-order valence-electron chi connectivity index (χ2n) is 5.08. The van der Waals surface area contributed by atoms with Gasteiger partial charge in [0.1, 0.15) is 6.61 Å². The van der Waals surface area contributed by atoms with Crippen LogP contribution in [0.25, 0.3) is 6.08 Å². The van der Waals surface area contributed by atoms with Crippen molar-refractivity contribution in [2.45, 2.75) is 13.0 Å². The molecule has 1 aromatic heterocycles. The van der Waals surface area contributed by atoms with Crippen LogP contribution in [0.3, 0.4) is 0 Å². The highest BCUT2D eigenvalue weighted by Gasteiger charge is 2.09. The third-order valence-corrected chi connectivity index (χ3v) is 3.46. The number of benzene rings is 1. The van der Waals surface area contributed by atoms with Crippen LogP contribution in [0.15, 0.2) is 48.7 Å². The van der Waals surface area contributed by atoms with E-state index in [0.29, 0.717) is 18.5 Å². The van der Waals surface area contributed by atoms with Gasteiger partial charge in [-0.25, -0.2) is 14.6 Å². The van der Waals surface area contributed by atoms with Gasteiger partial charge in [0.15, 0.2) is 5.69 Å². The lowest BCUT2D eigenvalue weighted by atomic mass is 10.2. The molecule has 0 radical (unpaired) electrons. The van der Waals surface area contributed by atoms with E-state index in [1.165, 1.54) is 12.3 Å². The van der Waals surface area contributed by atoms with Crippen molar-refractivity contribution in [3.8, 4) is 0 Å². The molecule has 0 unspecified atom stereocenters. The summed E-state index contributed by atoms with van der Waals surface area (Å²) in [6.45, 7) is 0.640. The smallest absolute Gasteiger partial charge is 0.407 e. The second-order valence-corrected chi connectivity index (χ2v) is 5.49. The lowest BCUT2D eigenvalue weighted by Gasteiger charge is -2.05. The number of hydrogen-bond acceptors (Lipinski definition) is 4. The molecule has 1 aromatic carbocycles. The molecule has 1 amide bonds. The molecule has 2 rings (SSSR count). The lowest BCUT2D eigenvalue weighted by Crippen LogP contribution is -2.24. The van der Waals surface area contributed by atoms with Crippen LogP contribution in [0.4, 0.5) is 4.79 Å². The number of aromatic carboxylic acids is 1. The van der Waals surface area contributed by atoms with Gasteiger partial charge < -0.3 is 15.2 Å². The van der Waals surface area contributed by atoms with E-state index in [0.717, 1.165) is 5.56 Å². The van der Waals surface area contributed by atoms with Gasteiger partial charge >= 0.3 is 12.1 Å². The minimum Gasteiger partial charge on any atom is -0.476 e. The number of carbonyl (C=O) groups excluding carboxylic acids is 1. The molecule has 2 aromatic rings. The summed E-state index contributed by atoms with van der Waals surface area (Å²) in [7, 11) is 0. The molecule has 0 bridgehead atoms. The Morgan fingerprint density at radius 3 is 2.72 bits per heavy atom. The number of ether oxygens (including phenoxy) is 1. The number of hydrogen-bond donors (Lipinski definition) is 2. The Morgan fingerprint density at radius 1 is 1.28 bits per heavy atom. The number of aromatic nitrogens is 1. The van der Waals surface area contributed by atoms with E-state index < -0.39 is 12.1 Å². The fourth-order valence-corrected chi connectivity index (χ4v) is 2.21. The van der Waals surface area contributed by atoms with Crippen molar-refractivity contribution in [1.29, 1.82) is 0 Å². The van der Waals surface area contributed by atoms with E-state index in [4.69, 9.17) is 21.4 Å². The Hall–Kier alpha value is -2.86. The van der Waals surface area contributed by atoms with Crippen LogP contribution in [-0.2, 0) is 11.3 Å². The Bertz CT molecular complexity index is 763. The van der Waals surface area contributed by atoms with E-state index in [-0.39, 0.29) is 17.3 Å². The molecule has 0 aliphatic carbocycles. The molecule has 6 nitrogen and oxygen atoms in total. The predicted molar refractivity (Wildman–Crippen MR) is 94.5 cm³/mol. The van der Waals surface area contributed by atoms with Crippen molar-refractivity contribution in [1.82, 2.24) is 10.3 Å². The maximum Gasteiger partial charge on any atom is 0.407 e. The number of halogens is 1. The van der Waals surface area contributed by atoms with Crippen molar-refractivity contribution in [3.63, 3.8) is 0 Å². The van der Waals surface area contributed by atoms with Gasteiger partial charge in [-0.1, -0.05) is 54.1 Å². The zero-order chi connectivity index (χ0) is 18.1. The first-order chi connectivity index (χ1) is 12.1. The first-order valence-corrected chi connectivity index (χ1v) is 7.94. The van der Waals surface area contributed by atoms with Crippen LogP contribution in [0.2, 0.25) is 5.02 Å². The molecule has 0 aliphatic heterocycles. The van der Waals surface area contributed by atoms with E-state index in [1.54, 1.807) is 6.08 Å². The predicted octanol–water partition coefficient (Wildman–Crippen LogP) is 3.76. The maximum absolute atomic E-state index is 11.6. The lowest BCUT2D eigenvalue weighted by molar-refractivity contribution is 0.0690. The topological polar surface area (TPSA) is 88.5 Å². The van der Waals surface area contributed by atoms with Crippen LogP contribution in [0.1, 0.15) is 28.0 Å². The summed E-state index contributed by atoms with van der Waals surface area (Å²) in [5.74, 6) is -1.17. The molecule has 0 aliphatic rings. The van der Waals surface area contributed by atoms with Crippen LogP contribution >= 0.6 is 11.6 Å². The zero-order valence-electron chi connectivity index (χ0n) is 13.3. The fraction of sp³-hybridized carbons (Fsp3) is 0.167. The number of amides is 1. The summed E-state index contributed by atoms with van der Waals surface area (Å²) in [6, 6.07) is 10.9. The summed E-state index contributed by atoms with van der Waals surface area (Å²) < 4.78 is 5.09. The normalized spacial score (nSPS) is 10.6. The van der Waals surface area contributed by atoms with E-state index in [2.05, 4.69) is 10.3 Å². The molecule has 2 N–H and O–H groups in total. The second kappa shape index (κ2) is 9.44. The van der Waals surface area contributed by atoms with Gasteiger partial charge in [0, 0.05) is 12.7 Å². The summed E-state index contributed by atoms with van der Waals surface area (Å²) in [5, 5.41) is 11.6. The Morgan fingerprint density at radius 2 is 2.04 bits per heavy atom. The Kier molecular flexibility index (Phi) is 6.98. The number of alkyl carbamates (subject to hydrolysis) is 1. The van der Waals surface area contributed by atoms with Crippen molar-refractivity contribution in [2.24, 2.45) is 0 Å². The van der Waals surface area contributed by atoms with Gasteiger partial charge in [-0.15, -0.1) is 0 Å². The van der Waals surface area contributed by atoms with Gasteiger partial charge in [0.05, 0.1) is 5.02 Å². The van der Waals surface area contributed by atoms with Gasteiger partial charge in [0.25, 0.3) is 0 Å². The largest absolute Gasteiger partial charge is 0.476 e.